The molecule has 2 amide bonds. The minimum Gasteiger partial charge on any atom is -0.396 e. The Morgan fingerprint density at radius 2 is 2.02 bits per heavy atom. The van der Waals surface area contributed by atoms with Gasteiger partial charge in [0.15, 0.2) is 5.60 Å². The van der Waals surface area contributed by atoms with Gasteiger partial charge >= 0.3 is 0 Å². The fraction of sp³-hybridized carbons (Fsp3) is 0.400. The number of anilines is 2. The second kappa shape index (κ2) is 11.9. The predicted molar refractivity (Wildman–Crippen MR) is 153 cm³/mol. The van der Waals surface area contributed by atoms with E-state index >= 15 is 0 Å². The third kappa shape index (κ3) is 5.54. The number of aliphatic hydroxyl groups is 2. The van der Waals surface area contributed by atoms with E-state index in [0.29, 0.717) is 48.6 Å². The molecule has 210 valence electrons. The monoisotopic (exact) mass is 563 g/mol. The number of hydrogen-bond donors (Lipinski definition) is 2. The highest BCUT2D eigenvalue weighted by atomic mass is 35.5. The lowest BCUT2D eigenvalue weighted by atomic mass is 9.83. The number of amides is 2. The number of rotatable bonds is 10. The molecule has 0 radical (unpaired) electrons. The van der Waals surface area contributed by atoms with Crippen LogP contribution in [0.3, 0.4) is 0 Å². The first-order valence-corrected chi connectivity index (χ1v) is 14.1. The van der Waals surface area contributed by atoms with E-state index in [1.54, 1.807) is 34.0 Å². The van der Waals surface area contributed by atoms with Crippen LogP contribution >= 0.6 is 11.6 Å². The van der Waals surface area contributed by atoms with Crippen LogP contribution < -0.4 is 9.80 Å². The second-order valence-corrected chi connectivity index (χ2v) is 10.9. The largest absolute Gasteiger partial charge is 0.396 e. The van der Waals surface area contributed by atoms with Gasteiger partial charge in [-0.05, 0) is 55.2 Å². The van der Waals surface area contributed by atoms with Crippen molar-refractivity contribution in [3.05, 3.63) is 82.7 Å². The van der Waals surface area contributed by atoms with Crippen LogP contribution in [0.2, 0.25) is 5.02 Å². The molecule has 1 aromatic heterocycles. The number of aliphatic hydroxyl groups excluding tert-OH is 1. The van der Waals surface area contributed by atoms with Crippen LogP contribution in [0.15, 0.2) is 60.8 Å². The summed E-state index contributed by atoms with van der Waals surface area (Å²) in [6.45, 7) is 3.37. The molecular formula is C30H34ClN5O4. The van der Waals surface area contributed by atoms with Gasteiger partial charge in [-0.1, -0.05) is 48.0 Å². The number of nitrogens with zero attached hydrogens (tertiary/aromatic N) is 5. The standard InChI is InChI=1S/C30H34ClN5O4/c1-21(7-2-4-14-34-20-24(13-16-37)32-33-34)30(40)26-18-23(31)11-12-27(26)36(29(30)39)19-22-8-6-9-25(17-22)35-15-5-3-10-28(35)38/h2,6-9,11-12,17-18,20-21,37,40H,3-5,10,13-16,19H2,1H3/b7-2+/t21-,30+/m1/s1. The van der Waals surface area contributed by atoms with Crippen molar-refractivity contribution in [2.24, 2.45) is 5.92 Å². The Kier molecular flexibility index (Phi) is 8.35. The average molecular weight is 564 g/mol. The van der Waals surface area contributed by atoms with Crippen LogP contribution in [-0.2, 0) is 34.7 Å². The molecule has 2 aromatic carbocycles. The van der Waals surface area contributed by atoms with Gasteiger partial charge in [-0.15, -0.1) is 5.10 Å². The van der Waals surface area contributed by atoms with Crippen molar-refractivity contribution in [1.82, 2.24) is 15.0 Å². The van der Waals surface area contributed by atoms with Crippen molar-refractivity contribution >= 4 is 34.8 Å². The molecule has 1 saturated heterocycles. The third-order valence-electron chi connectivity index (χ3n) is 7.68. The summed E-state index contributed by atoms with van der Waals surface area (Å²) in [5.41, 5.74) is 1.75. The second-order valence-electron chi connectivity index (χ2n) is 10.4. The zero-order valence-electron chi connectivity index (χ0n) is 22.5. The van der Waals surface area contributed by atoms with Crippen LogP contribution in [-0.4, -0.2) is 50.2 Å². The maximum absolute atomic E-state index is 13.9. The maximum Gasteiger partial charge on any atom is 0.264 e. The van der Waals surface area contributed by atoms with E-state index in [2.05, 4.69) is 10.3 Å². The number of carbonyl (C=O) groups excluding carboxylic acids is 2. The molecule has 5 rings (SSSR count). The summed E-state index contributed by atoms with van der Waals surface area (Å²) in [6.07, 6.45) is 9.09. The number of piperidine rings is 1. The van der Waals surface area contributed by atoms with Gasteiger partial charge in [0, 0.05) is 60.9 Å². The molecule has 2 N–H and O–H groups in total. The maximum atomic E-state index is 13.9. The number of benzene rings is 2. The lowest BCUT2D eigenvalue weighted by Gasteiger charge is -2.28. The Morgan fingerprint density at radius 3 is 2.83 bits per heavy atom. The first-order valence-electron chi connectivity index (χ1n) is 13.7. The molecular weight excluding hydrogens is 530 g/mol. The number of carbonyl (C=O) groups is 2. The highest BCUT2D eigenvalue weighted by molar-refractivity contribution is 6.31. The number of allylic oxidation sites excluding steroid dienone is 1. The minimum absolute atomic E-state index is 0.0226. The summed E-state index contributed by atoms with van der Waals surface area (Å²) in [5, 5.41) is 29.5. The normalized spacial score (nSPS) is 20.0. The molecule has 3 heterocycles. The van der Waals surface area contributed by atoms with E-state index in [0.717, 1.165) is 29.8 Å². The Morgan fingerprint density at radius 1 is 1.18 bits per heavy atom. The van der Waals surface area contributed by atoms with E-state index in [-0.39, 0.29) is 19.1 Å². The quantitative estimate of drug-likeness (QED) is 0.361. The van der Waals surface area contributed by atoms with Crippen LogP contribution in [0.4, 0.5) is 11.4 Å². The molecule has 10 heteroatoms. The van der Waals surface area contributed by atoms with Crippen molar-refractivity contribution < 1.29 is 19.8 Å². The van der Waals surface area contributed by atoms with E-state index in [9.17, 15) is 14.7 Å². The number of fused-ring (bicyclic) bond motifs is 1. The molecule has 0 aliphatic carbocycles. The Bertz CT molecular complexity index is 1420. The van der Waals surface area contributed by atoms with Gasteiger partial charge in [0.05, 0.1) is 17.9 Å². The molecule has 40 heavy (non-hydrogen) atoms. The zero-order valence-corrected chi connectivity index (χ0v) is 23.3. The van der Waals surface area contributed by atoms with Gasteiger partial charge < -0.3 is 20.0 Å². The molecule has 0 bridgehead atoms. The highest BCUT2D eigenvalue weighted by Crippen LogP contribution is 2.46. The van der Waals surface area contributed by atoms with Crippen molar-refractivity contribution in [2.45, 2.75) is 57.7 Å². The van der Waals surface area contributed by atoms with E-state index in [1.807, 2.05) is 48.2 Å². The Balaban J connectivity index is 1.34. The molecule has 9 nitrogen and oxygen atoms in total. The van der Waals surface area contributed by atoms with E-state index in [1.165, 1.54) is 0 Å². The summed E-state index contributed by atoms with van der Waals surface area (Å²) in [4.78, 5) is 29.8. The molecule has 2 aliphatic rings. The molecule has 3 aromatic rings. The Hall–Kier alpha value is -3.53. The fourth-order valence-electron chi connectivity index (χ4n) is 5.48. The van der Waals surface area contributed by atoms with Crippen LogP contribution in [0.25, 0.3) is 0 Å². The first kappa shape index (κ1) is 28.0. The number of hydrogen-bond acceptors (Lipinski definition) is 6. The van der Waals surface area contributed by atoms with Crippen LogP contribution in [0.1, 0.15) is 49.4 Å². The highest BCUT2D eigenvalue weighted by Gasteiger charge is 2.52. The van der Waals surface area contributed by atoms with Gasteiger partial charge in [0.2, 0.25) is 5.91 Å². The third-order valence-corrected chi connectivity index (χ3v) is 7.92. The molecule has 1 fully saturated rings. The molecule has 0 unspecified atom stereocenters. The van der Waals surface area contributed by atoms with Crippen molar-refractivity contribution in [1.29, 1.82) is 0 Å². The van der Waals surface area contributed by atoms with Gasteiger partial charge in [0.25, 0.3) is 5.91 Å². The van der Waals surface area contributed by atoms with Crippen LogP contribution in [0, 0.1) is 5.92 Å². The number of halogens is 1. The van der Waals surface area contributed by atoms with Gasteiger partial charge in [-0.25, -0.2) is 0 Å². The van der Waals surface area contributed by atoms with Gasteiger partial charge in [-0.3, -0.25) is 14.3 Å². The van der Waals surface area contributed by atoms with Gasteiger partial charge in [0.1, 0.15) is 0 Å². The van der Waals surface area contributed by atoms with Crippen molar-refractivity contribution in [2.75, 3.05) is 23.0 Å². The lowest BCUT2D eigenvalue weighted by molar-refractivity contribution is -0.139. The summed E-state index contributed by atoms with van der Waals surface area (Å²) in [7, 11) is 0. The smallest absolute Gasteiger partial charge is 0.264 e. The van der Waals surface area contributed by atoms with Crippen molar-refractivity contribution in [3.63, 3.8) is 0 Å². The number of aromatic nitrogens is 3. The number of aryl methyl sites for hydroxylation is 1. The Labute approximate surface area is 238 Å². The van der Waals surface area contributed by atoms with Gasteiger partial charge in [-0.2, -0.15) is 0 Å². The van der Waals surface area contributed by atoms with E-state index < -0.39 is 17.4 Å². The van der Waals surface area contributed by atoms with Crippen LogP contribution in [0.5, 0.6) is 0 Å². The molecule has 0 spiro atoms. The van der Waals surface area contributed by atoms with E-state index in [4.69, 9.17) is 16.7 Å². The zero-order chi connectivity index (χ0) is 28.3. The first-order chi connectivity index (χ1) is 19.3. The minimum atomic E-state index is -1.78. The molecule has 2 aliphatic heterocycles. The summed E-state index contributed by atoms with van der Waals surface area (Å²) in [6, 6.07) is 12.9. The summed E-state index contributed by atoms with van der Waals surface area (Å²) in [5.74, 6) is -0.823. The summed E-state index contributed by atoms with van der Waals surface area (Å²) >= 11 is 6.32. The lowest BCUT2D eigenvalue weighted by Crippen LogP contribution is -2.44. The average Bonchev–Trinajstić information content (AvgIpc) is 3.48. The SMILES string of the molecule is C[C@H](/C=C/CCn1cc(CCO)nn1)[C@@]1(O)C(=O)N(Cc2cccc(N3CCCCC3=O)c2)c2ccc(Cl)cc21. The van der Waals surface area contributed by atoms with Crippen molar-refractivity contribution in [3.8, 4) is 0 Å². The summed E-state index contributed by atoms with van der Waals surface area (Å²) < 4.78 is 1.71. The predicted octanol–water partition coefficient (Wildman–Crippen LogP) is 4.00. The molecule has 0 saturated carbocycles. The molecule has 2 atom stereocenters. The fourth-order valence-corrected chi connectivity index (χ4v) is 5.66. The topological polar surface area (TPSA) is 112 Å².